The van der Waals surface area contributed by atoms with E-state index in [1.165, 1.54) is 89.3 Å². The van der Waals surface area contributed by atoms with Gasteiger partial charge in [0.05, 0.1) is 28.4 Å². The molecule has 2 aromatic heterocycles. The Morgan fingerprint density at radius 1 is 0.236 bits per heavy atom. The summed E-state index contributed by atoms with van der Waals surface area (Å²) >= 11 is 1.25. The summed E-state index contributed by atoms with van der Waals surface area (Å²) in [5, 5.41) is 2.43. The van der Waals surface area contributed by atoms with Gasteiger partial charge >= 0.3 is 0 Å². The minimum absolute atomic E-state index is 0.835. The van der Waals surface area contributed by atoms with Gasteiger partial charge in [-0.25, -0.2) is 0 Å². The second kappa shape index (κ2) is 23.1. The lowest BCUT2D eigenvalue weighted by atomic mass is 9.93. The molecule has 0 aliphatic rings. The predicted molar refractivity (Wildman–Crippen MR) is 375 cm³/mol. The summed E-state index contributed by atoms with van der Waals surface area (Å²) in [4.78, 5) is 2.34. The van der Waals surface area contributed by atoms with Crippen molar-refractivity contribution >= 4 is 61.6 Å². The van der Waals surface area contributed by atoms with Crippen molar-refractivity contribution in [3.05, 3.63) is 340 Å². The van der Waals surface area contributed by atoms with E-state index in [-0.39, 0.29) is 0 Å². The standard InChI is InChI=1S/C84H56N4S/c1-7-19-57(20-8-1)66-37-46-80-78(55-66)79-56-67(58-21-9-2-10-22-58)38-47-81(79)88(80)76-43-35-65(36-44-76)77-45-48-82(84-83(77)85-89-86-84)87(74-39-31-63(32-40-74)72-51-68(59-23-11-3-12-24-59)49-69(52-72)60-25-13-4-14-26-60)75-41-33-64(34-42-75)73-53-70(61-27-15-5-16-28-61)50-71(54-73)62-29-17-6-18-30-62/h1-56H. The van der Waals surface area contributed by atoms with Crippen LogP contribution in [0.5, 0.6) is 0 Å². The first-order chi connectivity index (χ1) is 44.1. The Morgan fingerprint density at radius 2 is 0.539 bits per heavy atom. The van der Waals surface area contributed by atoms with E-state index >= 15 is 0 Å². The van der Waals surface area contributed by atoms with Crippen LogP contribution in [-0.4, -0.2) is 13.3 Å². The van der Waals surface area contributed by atoms with Gasteiger partial charge < -0.3 is 9.47 Å². The third kappa shape index (κ3) is 10.3. The molecule has 16 aromatic rings. The summed E-state index contributed by atoms with van der Waals surface area (Å²) in [6.45, 7) is 0. The van der Waals surface area contributed by atoms with Crippen LogP contribution in [0.4, 0.5) is 17.1 Å². The van der Waals surface area contributed by atoms with Gasteiger partial charge in [0, 0.05) is 33.4 Å². The lowest BCUT2D eigenvalue weighted by Gasteiger charge is -2.26. The molecule has 16 rings (SSSR count). The Morgan fingerprint density at radius 3 is 0.899 bits per heavy atom. The highest BCUT2D eigenvalue weighted by Gasteiger charge is 2.22. The molecule has 0 amide bonds. The van der Waals surface area contributed by atoms with Crippen molar-refractivity contribution < 1.29 is 0 Å². The van der Waals surface area contributed by atoms with Gasteiger partial charge in [-0.2, -0.15) is 8.75 Å². The van der Waals surface area contributed by atoms with Crippen molar-refractivity contribution in [1.29, 1.82) is 0 Å². The van der Waals surface area contributed by atoms with E-state index in [1.54, 1.807) is 0 Å². The van der Waals surface area contributed by atoms with Crippen LogP contribution in [0.1, 0.15) is 0 Å². The third-order valence-corrected chi connectivity index (χ3v) is 17.8. The number of nitrogens with zero attached hydrogens (tertiary/aromatic N) is 4. The van der Waals surface area contributed by atoms with Gasteiger partial charge in [0.1, 0.15) is 11.0 Å². The molecule has 89 heavy (non-hydrogen) atoms. The molecule has 418 valence electrons. The molecule has 0 saturated carbocycles. The average Bonchev–Trinajstić information content (AvgIpc) is 1.75. The zero-order chi connectivity index (χ0) is 59.0. The fourth-order valence-corrected chi connectivity index (χ4v) is 13.4. The number of fused-ring (bicyclic) bond motifs is 4. The first-order valence-corrected chi connectivity index (χ1v) is 30.9. The Labute approximate surface area is 522 Å². The molecule has 5 heteroatoms. The van der Waals surface area contributed by atoms with Crippen molar-refractivity contribution in [3.63, 3.8) is 0 Å². The van der Waals surface area contributed by atoms with Crippen LogP contribution in [0.15, 0.2) is 340 Å². The van der Waals surface area contributed by atoms with Gasteiger partial charge in [-0.3, -0.25) is 0 Å². The number of hydrogen-bond acceptors (Lipinski definition) is 4. The number of hydrogen-bond donors (Lipinski definition) is 0. The van der Waals surface area contributed by atoms with Gasteiger partial charge in [-0.1, -0.05) is 231 Å². The SMILES string of the molecule is c1ccc(-c2cc(-c3ccccc3)cc(-c3ccc(N(c4ccc(-c5cc(-c6ccccc6)cc(-c6ccccc6)c5)cc4)c4ccc(-c5ccc(-n6c7ccc(-c8ccccc8)cc7c7cc(-c8ccccc8)ccc76)cc5)c5nsnc45)cc3)c2)cc1. The molecule has 0 spiro atoms. The zero-order valence-corrected chi connectivity index (χ0v) is 49.3. The minimum Gasteiger partial charge on any atom is -0.309 e. The zero-order valence-electron chi connectivity index (χ0n) is 48.5. The lowest BCUT2D eigenvalue weighted by molar-refractivity contribution is 1.18. The van der Waals surface area contributed by atoms with E-state index in [1.807, 2.05) is 0 Å². The van der Waals surface area contributed by atoms with Gasteiger partial charge in [0.25, 0.3) is 0 Å². The van der Waals surface area contributed by atoms with Crippen molar-refractivity contribution in [2.75, 3.05) is 4.90 Å². The summed E-state index contributed by atoms with van der Waals surface area (Å²) in [5.41, 5.74) is 28.9. The van der Waals surface area contributed by atoms with Gasteiger partial charge in [0.15, 0.2) is 0 Å². The van der Waals surface area contributed by atoms with Crippen molar-refractivity contribution in [2.24, 2.45) is 0 Å². The second-order valence-electron chi connectivity index (χ2n) is 22.7. The topological polar surface area (TPSA) is 34.0 Å². The normalized spacial score (nSPS) is 11.4. The molecule has 14 aromatic carbocycles. The van der Waals surface area contributed by atoms with E-state index in [0.29, 0.717) is 0 Å². The highest BCUT2D eigenvalue weighted by atomic mass is 32.1. The van der Waals surface area contributed by atoms with Crippen LogP contribution >= 0.6 is 11.7 Å². The molecular formula is C84H56N4S. The molecule has 0 atom stereocenters. The third-order valence-electron chi connectivity index (χ3n) is 17.3. The number of anilines is 3. The van der Waals surface area contributed by atoms with Crippen LogP contribution in [0.3, 0.4) is 0 Å². The molecule has 0 aliphatic carbocycles. The molecule has 0 bridgehead atoms. The summed E-state index contributed by atoms with van der Waals surface area (Å²) < 4.78 is 12.6. The molecule has 0 aliphatic heterocycles. The average molecular weight is 1150 g/mol. The minimum atomic E-state index is 0.835. The predicted octanol–water partition coefficient (Wildman–Crippen LogP) is 23.3. The highest BCUT2D eigenvalue weighted by molar-refractivity contribution is 7.00. The van der Waals surface area contributed by atoms with Crippen molar-refractivity contribution in [2.45, 2.75) is 0 Å². The van der Waals surface area contributed by atoms with E-state index in [4.69, 9.17) is 8.75 Å². The smallest absolute Gasteiger partial charge is 0.129 e. The Balaban J connectivity index is 0.796. The summed E-state index contributed by atoms with van der Waals surface area (Å²) in [7, 11) is 0. The fraction of sp³-hybridized carbons (Fsp3) is 0. The molecule has 4 nitrogen and oxygen atoms in total. The molecule has 2 heterocycles. The van der Waals surface area contributed by atoms with Crippen LogP contribution in [-0.2, 0) is 0 Å². The summed E-state index contributed by atoms with van der Waals surface area (Å²) in [6, 6.07) is 123. The second-order valence-corrected chi connectivity index (χ2v) is 23.2. The Hall–Kier alpha value is -11.5. The Bertz CT molecular complexity index is 4800. The van der Waals surface area contributed by atoms with E-state index in [9.17, 15) is 0 Å². The van der Waals surface area contributed by atoms with Crippen LogP contribution in [0.25, 0.3) is 139 Å². The fourth-order valence-electron chi connectivity index (χ4n) is 12.8. The largest absolute Gasteiger partial charge is 0.309 e. The van der Waals surface area contributed by atoms with E-state index < -0.39 is 0 Å². The maximum atomic E-state index is 5.13. The summed E-state index contributed by atoms with van der Waals surface area (Å²) in [5.74, 6) is 0. The molecular weight excluding hydrogens is 1100 g/mol. The van der Waals surface area contributed by atoms with E-state index in [2.05, 4.69) is 349 Å². The maximum Gasteiger partial charge on any atom is 0.129 e. The number of aromatic nitrogens is 3. The molecule has 0 unspecified atom stereocenters. The monoisotopic (exact) mass is 1150 g/mol. The summed E-state index contributed by atoms with van der Waals surface area (Å²) in [6.07, 6.45) is 0. The molecule has 0 saturated heterocycles. The number of benzene rings is 14. The van der Waals surface area contributed by atoms with Gasteiger partial charge in [0.2, 0.25) is 0 Å². The quantitative estimate of drug-likeness (QED) is 0.115. The molecule has 0 radical (unpaired) electrons. The van der Waals surface area contributed by atoms with Crippen LogP contribution in [0.2, 0.25) is 0 Å². The van der Waals surface area contributed by atoms with Crippen molar-refractivity contribution in [3.8, 4) is 106 Å². The maximum absolute atomic E-state index is 5.13. The van der Waals surface area contributed by atoms with Crippen molar-refractivity contribution in [1.82, 2.24) is 13.3 Å². The van der Waals surface area contributed by atoms with Gasteiger partial charge in [-0.05, 0) is 204 Å². The highest BCUT2D eigenvalue weighted by Crippen LogP contribution is 2.45. The number of rotatable bonds is 13. The van der Waals surface area contributed by atoms with E-state index in [0.717, 1.165) is 78.2 Å². The molecule has 0 N–H and O–H groups in total. The van der Waals surface area contributed by atoms with Crippen LogP contribution in [0, 0.1) is 0 Å². The van der Waals surface area contributed by atoms with Crippen LogP contribution < -0.4 is 4.90 Å². The first kappa shape index (κ1) is 53.0. The first-order valence-electron chi connectivity index (χ1n) is 30.2. The molecule has 0 fully saturated rings. The Kier molecular flexibility index (Phi) is 13.7. The van der Waals surface area contributed by atoms with Gasteiger partial charge in [-0.15, -0.1) is 0 Å². The lowest BCUT2D eigenvalue weighted by Crippen LogP contribution is -2.10.